The van der Waals surface area contributed by atoms with Gasteiger partial charge in [-0.2, -0.15) is 0 Å². The average Bonchev–Trinajstić information content (AvgIpc) is 1.73. The Labute approximate surface area is 817 Å². The van der Waals surface area contributed by atoms with E-state index in [-0.39, 0.29) is 66.1 Å². The highest BCUT2D eigenvalue weighted by atomic mass is 16.6. The Balaban J connectivity index is 0.000000397. The Bertz CT molecular complexity index is 4110. The van der Waals surface area contributed by atoms with Crippen LogP contribution >= 0.6 is 0 Å². The molecule has 6 aromatic rings. The molecular formula is C110H172N8O18. The van der Waals surface area contributed by atoms with Crippen molar-refractivity contribution in [3.8, 4) is 17.2 Å². The minimum absolute atomic E-state index is 0.0769. The number of benzene rings is 5. The quantitative estimate of drug-likeness (QED) is 0.0212. The lowest BCUT2D eigenvalue weighted by molar-refractivity contribution is -0.145. The number of hydrogen-bond acceptors (Lipinski definition) is 19. The van der Waals surface area contributed by atoms with E-state index in [0.29, 0.717) is 87.8 Å². The Morgan fingerprint density at radius 2 is 0.978 bits per heavy atom. The van der Waals surface area contributed by atoms with Crippen LogP contribution < -0.4 is 14.8 Å². The predicted octanol–water partition coefficient (Wildman–Crippen LogP) is 21.8. The third-order valence-corrected chi connectivity index (χ3v) is 21.9. The van der Waals surface area contributed by atoms with Crippen LogP contribution in [0.1, 0.15) is 266 Å². The van der Waals surface area contributed by atoms with Crippen LogP contribution in [0.2, 0.25) is 0 Å². The first kappa shape index (κ1) is 120. The molecule has 1 atom stereocenters. The summed E-state index contributed by atoms with van der Waals surface area (Å²) in [6, 6.07) is 50.6. The molecule has 1 aromatic heterocycles. The topological polar surface area (TPSA) is 273 Å². The number of aryl methyl sites for hydroxylation is 1. The van der Waals surface area contributed by atoms with Crippen molar-refractivity contribution in [3.63, 3.8) is 0 Å². The third-order valence-electron chi connectivity index (χ3n) is 21.9. The second-order valence-corrected chi connectivity index (χ2v) is 34.9. The number of ether oxygens (including phenoxy) is 10. The summed E-state index contributed by atoms with van der Waals surface area (Å²) in [5.74, 6) is 3.68. The van der Waals surface area contributed by atoms with Crippen molar-refractivity contribution in [2.75, 3.05) is 139 Å². The van der Waals surface area contributed by atoms with Crippen LogP contribution in [0.4, 0.5) is 14.4 Å². The number of unbranched alkanes of at least 4 members (excludes halogenated alkanes) is 1. The van der Waals surface area contributed by atoms with E-state index in [1.807, 2.05) is 174 Å². The molecule has 4 saturated carbocycles. The number of hydrogen-bond donors (Lipinski definition) is 1. The molecule has 5 aromatic carbocycles. The molecule has 1 N–H and O–H groups in total. The number of carbonyl (C=O) groups excluding carboxylic acids is 8. The van der Waals surface area contributed by atoms with E-state index in [2.05, 4.69) is 97.9 Å². The summed E-state index contributed by atoms with van der Waals surface area (Å²) in [6.07, 6.45) is 25.5. The van der Waals surface area contributed by atoms with Gasteiger partial charge in [-0.15, -0.1) is 0 Å². The van der Waals surface area contributed by atoms with Crippen molar-refractivity contribution in [2.45, 2.75) is 289 Å². The molecular weight excluding hydrogens is 1720 g/mol. The highest BCUT2D eigenvalue weighted by molar-refractivity contribution is 5.90. The summed E-state index contributed by atoms with van der Waals surface area (Å²) in [5.41, 5.74) is 5.14. The smallest absolute Gasteiger partial charge is 0.409 e. The van der Waals surface area contributed by atoms with Crippen LogP contribution in [0.3, 0.4) is 0 Å². The van der Waals surface area contributed by atoms with Gasteiger partial charge in [0.05, 0.1) is 57.5 Å². The predicted molar refractivity (Wildman–Crippen MR) is 543 cm³/mol. The fourth-order valence-corrected chi connectivity index (χ4v) is 14.2. The maximum Gasteiger partial charge on any atom is 0.409 e. The number of rotatable bonds is 42. The van der Waals surface area contributed by atoms with Gasteiger partial charge in [0.25, 0.3) is 0 Å². The molecule has 26 heteroatoms. The number of alkyl carbamates (subject to hydrolysis) is 1. The summed E-state index contributed by atoms with van der Waals surface area (Å²) < 4.78 is 51.2. The van der Waals surface area contributed by atoms with Crippen molar-refractivity contribution in [1.29, 1.82) is 0 Å². The van der Waals surface area contributed by atoms with Crippen molar-refractivity contribution in [1.82, 2.24) is 39.7 Å². The van der Waals surface area contributed by atoms with Crippen LogP contribution in [-0.2, 0) is 82.8 Å². The molecule has 760 valence electrons. The van der Waals surface area contributed by atoms with Gasteiger partial charge in [0, 0.05) is 148 Å². The van der Waals surface area contributed by atoms with E-state index in [1.165, 1.54) is 62.5 Å². The molecule has 7 amide bonds. The van der Waals surface area contributed by atoms with Crippen molar-refractivity contribution in [2.24, 2.45) is 11.3 Å². The Kier molecular flexibility index (Phi) is 65.3. The van der Waals surface area contributed by atoms with E-state index >= 15 is 0 Å². The van der Waals surface area contributed by atoms with E-state index in [9.17, 15) is 38.4 Å². The van der Waals surface area contributed by atoms with Gasteiger partial charge in [0.15, 0.2) is 0 Å². The van der Waals surface area contributed by atoms with Gasteiger partial charge in [-0.25, -0.2) is 19.2 Å². The molecule has 2 aliphatic heterocycles. The van der Waals surface area contributed by atoms with Gasteiger partial charge in [-0.3, -0.25) is 24.2 Å². The lowest BCUT2D eigenvalue weighted by atomic mass is 9.79. The monoisotopic (exact) mass is 1890 g/mol. The van der Waals surface area contributed by atoms with E-state index < -0.39 is 0 Å². The van der Waals surface area contributed by atoms with Crippen molar-refractivity contribution in [3.05, 3.63) is 192 Å². The van der Waals surface area contributed by atoms with E-state index in [1.54, 1.807) is 61.3 Å². The maximum atomic E-state index is 12.4. The van der Waals surface area contributed by atoms with Crippen LogP contribution in [-0.4, -0.2) is 251 Å². The van der Waals surface area contributed by atoms with Gasteiger partial charge in [0.1, 0.15) is 23.9 Å². The molecule has 6 fully saturated rings. The van der Waals surface area contributed by atoms with E-state index in [4.69, 9.17) is 42.6 Å². The standard InChI is InChI=1S/C17H23NO3.C16H23NO2.C14H25NO2.C14H21NO2.C14H14O2.C13H18N2O.C6H11NO2.C6H13NO2.C6H14O.C4H10O/c1-3-10-18(15-8-9-15)16(19)12-13-6-5-7-14(11-13)17(20)21-4-2;1-2-19-16(18)17(13-15-10-11-15)12-6-9-14-7-4-3-5-8-14;1-3-8-15(12-4-5-12)13(16)11-14(2)6-9-17-10-7-14;1-3-11-15(14(16)17-4-2)12-10-13-8-6-5-7-9-13;1-2-15-13-9-6-10-14(11-13)16-12-7-4-3-5-8-12;1-2-8-15(12-5-6-12)13(16)9-11-4-3-7-14-10-11;1-5-3-7(2)6(8)4-9-5;1-4-9-6(8)7-5(2)3;1-3-5-6-7-4-2;1-3-5-4-2/h5-7,11,15H,3-4,8-10,12H2,1-2H3;3-5,7-8,15H,2,6,9-13H2,1H3;12H,3-11H2,1-2H3;5-9H,3-4,10-12H2,1-2H3;3-11H,2H2,1H3;3-4,7,10,12H,2,5-6,8-9H2,1H3;5H,3-4H2,1-2H3;5H,4H2,1-3H3,(H,7,8);3-6H2,1-2H3;3-4H2,1-2H3. The highest BCUT2D eigenvalue weighted by Gasteiger charge is 2.38. The fraction of sp³-hybridized carbons (Fsp3) is 0.609. The third kappa shape index (κ3) is 56.5. The minimum atomic E-state index is -0.340. The van der Waals surface area contributed by atoms with Gasteiger partial charge in [-0.05, 0) is 268 Å². The first-order valence-electron chi connectivity index (χ1n) is 50.7. The van der Waals surface area contributed by atoms with Crippen molar-refractivity contribution < 1.29 is 85.7 Å². The summed E-state index contributed by atoms with van der Waals surface area (Å²) in [6.45, 7) is 48.0. The van der Waals surface area contributed by atoms with Crippen LogP contribution in [0.25, 0.3) is 0 Å². The van der Waals surface area contributed by atoms with Crippen LogP contribution in [0.5, 0.6) is 17.2 Å². The van der Waals surface area contributed by atoms with Gasteiger partial charge in [0.2, 0.25) is 23.6 Å². The number of carbonyl (C=O) groups is 8. The Morgan fingerprint density at radius 3 is 1.45 bits per heavy atom. The molecule has 2 saturated heterocycles. The number of para-hydroxylation sites is 1. The first-order chi connectivity index (χ1) is 65.7. The molecule has 136 heavy (non-hydrogen) atoms. The van der Waals surface area contributed by atoms with E-state index in [0.717, 1.165) is 191 Å². The summed E-state index contributed by atoms with van der Waals surface area (Å²) in [7, 11) is 1.79. The Morgan fingerprint density at radius 1 is 0.485 bits per heavy atom. The molecule has 0 spiro atoms. The number of esters is 1. The zero-order valence-electron chi connectivity index (χ0n) is 86.2. The first-order valence-corrected chi connectivity index (χ1v) is 50.7. The summed E-state index contributed by atoms with van der Waals surface area (Å²) >= 11 is 0. The number of aromatic nitrogens is 1. The number of nitrogens with zero attached hydrogens (tertiary/aromatic N) is 7. The fourth-order valence-electron chi connectivity index (χ4n) is 14.2. The van der Waals surface area contributed by atoms with Gasteiger partial charge >= 0.3 is 24.2 Å². The largest absolute Gasteiger partial charge is 0.494 e. The normalized spacial score (nSPS) is 14.5. The second kappa shape index (κ2) is 74.0. The molecule has 6 aliphatic rings. The highest BCUT2D eigenvalue weighted by Crippen LogP contribution is 2.37. The minimum Gasteiger partial charge on any atom is -0.494 e. The maximum absolute atomic E-state index is 12.4. The number of amides is 7. The van der Waals surface area contributed by atoms with Gasteiger partial charge in [-0.1, -0.05) is 151 Å². The zero-order valence-corrected chi connectivity index (χ0v) is 86.2. The average molecular weight is 1890 g/mol. The number of pyridine rings is 1. The number of likely N-dealkylation sites (N-methyl/N-ethyl adjacent to an activating group) is 1. The number of morpholine rings is 1. The van der Waals surface area contributed by atoms with Crippen LogP contribution in [0.15, 0.2) is 164 Å². The number of nitrogens with one attached hydrogen (secondary N) is 1. The molecule has 26 nitrogen and oxygen atoms in total. The molecule has 0 bridgehead atoms. The molecule has 0 radical (unpaired) electrons. The Hall–Kier alpha value is -10.2. The summed E-state index contributed by atoms with van der Waals surface area (Å²) in [5, 5.41) is 2.58. The molecule has 1 unspecified atom stereocenters. The SMILES string of the molecule is CC1CN(C)C(=O)CO1.CCCCOCC.CCCN(C(=O)CC1(C)CCOCC1)C1CC1.CCCN(C(=O)Cc1cccc(C(=O)OCC)c1)C1CC1.CCCN(C(=O)Cc1cccnc1)C1CC1.CCCN(CCc1ccccc1)C(=O)OCC.CCOC(=O)N(CCCc1ccccc1)CC1CC1.CCOC(=O)NC(C)C.CCOCC.CCOc1cccc(Oc2ccccc2)c1. The molecule has 3 heterocycles. The lowest BCUT2D eigenvalue weighted by Gasteiger charge is -2.35. The zero-order chi connectivity index (χ0) is 99.9. The van der Waals surface area contributed by atoms with Gasteiger partial charge < -0.3 is 82.1 Å². The lowest BCUT2D eigenvalue weighted by Crippen LogP contribution is -2.42. The van der Waals surface area contributed by atoms with Crippen molar-refractivity contribution >= 4 is 47.9 Å². The van der Waals surface area contributed by atoms with Crippen LogP contribution in [0, 0.1) is 11.3 Å². The second-order valence-electron chi connectivity index (χ2n) is 34.9. The molecule has 12 rings (SSSR count). The summed E-state index contributed by atoms with van der Waals surface area (Å²) in [4.78, 5) is 109. The molecule has 4 aliphatic carbocycles.